The Hall–Kier alpha value is -2.53. The quantitative estimate of drug-likeness (QED) is 0.826. The van der Waals surface area contributed by atoms with Gasteiger partial charge < -0.3 is 19.7 Å². The van der Waals surface area contributed by atoms with E-state index in [1.54, 1.807) is 19.1 Å². The Labute approximate surface area is 149 Å². The van der Waals surface area contributed by atoms with Crippen molar-refractivity contribution in [1.82, 2.24) is 10.2 Å². The van der Waals surface area contributed by atoms with Crippen LogP contribution in [0.15, 0.2) is 54.6 Å². The molecule has 5 nitrogen and oxygen atoms in total. The molecular weight excluding hydrogens is 316 g/mol. The van der Waals surface area contributed by atoms with E-state index < -0.39 is 5.54 Å². The van der Waals surface area contributed by atoms with Gasteiger partial charge in [-0.25, -0.2) is 4.79 Å². The number of ether oxygens (including phenoxy) is 2. The third-order valence-electron chi connectivity index (χ3n) is 3.62. The van der Waals surface area contributed by atoms with Crippen LogP contribution in [0.5, 0.6) is 11.5 Å². The third kappa shape index (κ3) is 6.12. The molecule has 0 saturated heterocycles. The van der Waals surface area contributed by atoms with Gasteiger partial charge >= 0.3 is 6.03 Å². The second-order valence-electron chi connectivity index (χ2n) is 6.66. The molecule has 0 aliphatic heterocycles. The molecule has 0 unspecified atom stereocenters. The highest BCUT2D eigenvalue weighted by atomic mass is 16.5. The highest BCUT2D eigenvalue weighted by Gasteiger charge is 2.22. The summed E-state index contributed by atoms with van der Waals surface area (Å²) < 4.78 is 10.9. The highest BCUT2D eigenvalue weighted by molar-refractivity contribution is 5.74. The third-order valence-corrected chi connectivity index (χ3v) is 3.62. The minimum atomic E-state index is -0.409. The fourth-order valence-electron chi connectivity index (χ4n) is 2.42. The number of amides is 2. The molecule has 0 heterocycles. The Morgan fingerprint density at radius 1 is 1.04 bits per heavy atom. The number of carbonyl (C=O) groups excluding carboxylic acids is 1. The van der Waals surface area contributed by atoms with Gasteiger partial charge in [0, 0.05) is 20.7 Å². The first-order valence-electron chi connectivity index (χ1n) is 8.24. The van der Waals surface area contributed by atoms with E-state index in [0.717, 1.165) is 17.1 Å². The number of hydrogen-bond acceptors (Lipinski definition) is 3. The van der Waals surface area contributed by atoms with Gasteiger partial charge in [0.15, 0.2) is 0 Å². The summed E-state index contributed by atoms with van der Waals surface area (Å²) in [6.45, 7) is 4.83. The van der Waals surface area contributed by atoms with Crippen LogP contribution in [-0.4, -0.2) is 37.2 Å². The number of benzene rings is 2. The monoisotopic (exact) mass is 342 g/mol. The first-order valence-corrected chi connectivity index (χ1v) is 8.24. The predicted molar refractivity (Wildman–Crippen MR) is 98.9 cm³/mol. The molecule has 0 atom stereocenters. The van der Waals surface area contributed by atoms with Crippen LogP contribution in [0.4, 0.5) is 4.79 Å². The van der Waals surface area contributed by atoms with Gasteiger partial charge in [0.05, 0.1) is 12.1 Å². The summed E-state index contributed by atoms with van der Waals surface area (Å²) in [6, 6.07) is 17.2. The second kappa shape index (κ2) is 8.53. The van der Waals surface area contributed by atoms with Gasteiger partial charge in [0.1, 0.15) is 11.5 Å². The SMILES string of the molecule is COCC(C)(C)NC(=O)N(C)Cc1ccc(Oc2ccccc2)cc1. The smallest absolute Gasteiger partial charge is 0.317 e. The van der Waals surface area contributed by atoms with Crippen molar-refractivity contribution in [1.29, 1.82) is 0 Å². The first-order chi connectivity index (χ1) is 11.9. The standard InChI is InChI=1S/C20H26N2O3/c1-20(2,15-24-4)21-19(23)22(3)14-16-10-12-18(13-11-16)25-17-8-6-5-7-9-17/h5-13H,14-15H2,1-4H3,(H,21,23). The average molecular weight is 342 g/mol. The fraction of sp³-hybridized carbons (Fsp3) is 0.350. The minimum Gasteiger partial charge on any atom is -0.457 e. The van der Waals surface area contributed by atoms with E-state index >= 15 is 0 Å². The van der Waals surface area contributed by atoms with Crippen molar-refractivity contribution in [2.75, 3.05) is 20.8 Å². The summed E-state index contributed by atoms with van der Waals surface area (Å²) in [5, 5.41) is 2.96. The Morgan fingerprint density at radius 3 is 2.24 bits per heavy atom. The molecular formula is C20H26N2O3. The molecule has 0 radical (unpaired) electrons. The van der Waals surface area contributed by atoms with E-state index in [-0.39, 0.29) is 6.03 Å². The van der Waals surface area contributed by atoms with Crippen LogP contribution in [0.1, 0.15) is 19.4 Å². The molecule has 0 fully saturated rings. The summed E-state index contributed by atoms with van der Waals surface area (Å²) in [5.41, 5.74) is 0.621. The summed E-state index contributed by atoms with van der Waals surface area (Å²) in [6.07, 6.45) is 0. The summed E-state index contributed by atoms with van der Waals surface area (Å²) >= 11 is 0. The number of hydrogen-bond donors (Lipinski definition) is 1. The maximum atomic E-state index is 12.3. The number of carbonyl (C=O) groups is 1. The zero-order valence-corrected chi connectivity index (χ0v) is 15.3. The van der Waals surface area contributed by atoms with Crippen molar-refractivity contribution in [3.8, 4) is 11.5 Å². The van der Waals surface area contributed by atoms with E-state index in [1.165, 1.54) is 0 Å². The normalized spacial score (nSPS) is 11.0. The highest BCUT2D eigenvalue weighted by Crippen LogP contribution is 2.21. The van der Waals surface area contributed by atoms with E-state index in [4.69, 9.17) is 9.47 Å². The average Bonchev–Trinajstić information content (AvgIpc) is 2.57. The zero-order valence-electron chi connectivity index (χ0n) is 15.3. The molecule has 2 aromatic rings. The van der Waals surface area contributed by atoms with Gasteiger partial charge in [0.2, 0.25) is 0 Å². The Balaban J connectivity index is 1.90. The number of methoxy groups -OCH3 is 1. The van der Waals surface area contributed by atoms with Crippen molar-refractivity contribution in [2.24, 2.45) is 0 Å². The lowest BCUT2D eigenvalue weighted by molar-refractivity contribution is 0.124. The van der Waals surface area contributed by atoms with Crippen molar-refractivity contribution in [3.05, 3.63) is 60.2 Å². The molecule has 134 valence electrons. The summed E-state index contributed by atoms with van der Waals surface area (Å²) in [7, 11) is 3.39. The van der Waals surface area contributed by atoms with Crippen LogP contribution >= 0.6 is 0 Å². The number of nitrogens with zero attached hydrogens (tertiary/aromatic N) is 1. The fourth-order valence-corrected chi connectivity index (χ4v) is 2.42. The Morgan fingerprint density at radius 2 is 1.64 bits per heavy atom. The Bertz CT molecular complexity index is 669. The summed E-state index contributed by atoms with van der Waals surface area (Å²) in [4.78, 5) is 13.9. The van der Waals surface area contributed by atoms with Gasteiger partial charge in [-0.05, 0) is 43.7 Å². The summed E-state index contributed by atoms with van der Waals surface area (Å²) in [5.74, 6) is 1.57. The number of nitrogens with one attached hydrogen (secondary N) is 1. The lowest BCUT2D eigenvalue weighted by Gasteiger charge is -2.28. The van der Waals surface area contributed by atoms with E-state index in [9.17, 15) is 4.79 Å². The molecule has 2 rings (SSSR count). The van der Waals surface area contributed by atoms with Gasteiger partial charge in [-0.15, -0.1) is 0 Å². The van der Waals surface area contributed by atoms with Crippen LogP contribution in [0.25, 0.3) is 0 Å². The molecule has 5 heteroatoms. The van der Waals surface area contributed by atoms with Gasteiger partial charge in [-0.2, -0.15) is 0 Å². The van der Waals surface area contributed by atoms with Crippen LogP contribution < -0.4 is 10.1 Å². The van der Waals surface area contributed by atoms with E-state index in [2.05, 4.69) is 5.32 Å². The number of rotatable bonds is 7. The topological polar surface area (TPSA) is 50.8 Å². The molecule has 2 aromatic carbocycles. The molecule has 1 N–H and O–H groups in total. The van der Waals surface area contributed by atoms with Gasteiger partial charge in [-0.3, -0.25) is 0 Å². The number of para-hydroxylation sites is 1. The van der Waals surface area contributed by atoms with E-state index in [1.807, 2.05) is 68.4 Å². The van der Waals surface area contributed by atoms with Crippen LogP contribution in [0.3, 0.4) is 0 Å². The van der Waals surface area contributed by atoms with Crippen LogP contribution in [-0.2, 0) is 11.3 Å². The van der Waals surface area contributed by atoms with Crippen molar-refractivity contribution in [2.45, 2.75) is 25.9 Å². The molecule has 0 bridgehead atoms. The molecule has 0 aliphatic rings. The molecule has 0 aromatic heterocycles. The molecule has 0 spiro atoms. The first kappa shape index (κ1) is 18.8. The van der Waals surface area contributed by atoms with Crippen molar-refractivity contribution in [3.63, 3.8) is 0 Å². The van der Waals surface area contributed by atoms with Gasteiger partial charge in [-0.1, -0.05) is 30.3 Å². The molecule has 2 amide bonds. The van der Waals surface area contributed by atoms with Gasteiger partial charge in [0.25, 0.3) is 0 Å². The second-order valence-corrected chi connectivity index (χ2v) is 6.66. The zero-order chi connectivity index (χ0) is 18.3. The predicted octanol–water partition coefficient (Wildman–Crippen LogP) is 4.05. The largest absolute Gasteiger partial charge is 0.457 e. The Kier molecular flexibility index (Phi) is 6.42. The molecule has 25 heavy (non-hydrogen) atoms. The number of urea groups is 1. The lowest BCUT2D eigenvalue weighted by atomic mass is 10.1. The van der Waals surface area contributed by atoms with E-state index in [0.29, 0.717) is 13.2 Å². The van der Waals surface area contributed by atoms with Crippen LogP contribution in [0, 0.1) is 0 Å². The minimum absolute atomic E-state index is 0.133. The van der Waals surface area contributed by atoms with Crippen molar-refractivity contribution < 1.29 is 14.3 Å². The maximum Gasteiger partial charge on any atom is 0.317 e. The van der Waals surface area contributed by atoms with Crippen molar-refractivity contribution >= 4 is 6.03 Å². The lowest BCUT2D eigenvalue weighted by Crippen LogP contribution is -2.51. The maximum absolute atomic E-state index is 12.3. The van der Waals surface area contributed by atoms with Crippen LogP contribution in [0.2, 0.25) is 0 Å². The molecule has 0 saturated carbocycles. The molecule has 0 aliphatic carbocycles.